The first-order chi connectivity index (χ1) is 14.7. The molecule has 1 N–H and O–H groups in total. The lowest BCUT2D eigenvalue weighted by atomic mass is 10.1. The molecule has 0 radical (unpaired) electrons. The second kappa shape index (κ2) is 7.71. The molecule has 5 aromatic rings. The first-order valence-corrected chi connectivity index (χ1v) is 9.52. The standard InChI is InChI=1S/C23H18N4O3/c28-23(17-7-5-16(6-8-17)14-27-10-9-24-15-27)25-13-19-12-22(30-26-19)21-11-18-3-1-2-4-20(18)29-21/h1-12,15H,13-14H2,(H,25,28). The lowest BCUT2D eigenvalue weighted by Gasteiger charge is -2.05. The van der Waals surface area contributed by atoms with Crippen molar-refractivity contribution < 1.29 is 13.7 Å². The van der Waals surface area contributed by atoms with E-state index in [1.54, 1.807) is 18.6 Å². The SMILES string of the molecule is O=C(NCc1cc(-c2cc3ccccc3o2)on1)c1ccc(Cn2ccnc2)cc1. The topological polar surface area (TPSA) is 86.1 Å². The van der Waals surface area contributed by atoms with Crippen LogP contribution in [0, 0.1) is 0 Å². The predicted molar refractivity (Wildman–Crippen MR) is 111 cm³/mol. The van der Waals surface area contributed by atoms with E-state index in [-0.39, 0.29) is 12.5 Å². The molecule has 0 aliphatic heterocycles. The van der Waals surface area contributed by atoms with Gasteiger partial charge in [0.05, 0.1) is 12.9 Å². The van der Waals surface area contributed by atoms with E-state index < -0.39 is 0 Å². The first kappa shape index (κ1) is 17.9. The van der Waals surface area contributed by atoms with Gasteiger partial charge in [0, 0.05) is 36.0 Å². The second-order valence-electron chi connectivity index (χ2n) is 6.95. The molecule has 0 aliphatic carbocycles. The van der Waals surface area contributed by atoms with Gasteiger partial charge in [-0.25, -0.2) is 4.98 Å². The molecule has 148 valence electrons. The summed E-state index contributed by atoms with van der Waals surface area (Å²) >= 11 is 0. The molecule has 0 aliphatic rings. The Bertz CT molecular complexity index is 1250. The predicted octanol–water partition coefficient (Wildman–Crippen LogP) is 4.26. The fourth-order valence-corrected chi connectivity index (χ4v) is 3.24. The molecule has 0 atom stereocenters. The molecule has 1 amide bonds. The van der Waals surface area contributed by atoms with Crippen molar-refractivity contribution in [3.63, 3.8) is 0 Å². The van der Waals surface area contributed by atoms with Crippen LogP contribution in [0.25, 0.3) is 22.5 Å². The number of imidazole rings is 1. The van der Waals surface area contributed by atoms with Crippen molar-refractivity contribution in [3.8, 4) is 11.5 Å². The maximum absolute atomic E-state index is 12.4. The van der Waals surface area contributed by atoms with Crippen LogP contribution in [0.1, 0.15) is 21.6 Å². The number of amides is 1. The number of nitrogens with zero attached hydrogens (tertiary/aromatic N) is 3. The second-order valence-corrected chi connectivity index (χ2v) is 6.95. The summed E-state index contributed by atoms with van der Waals surface area (Å²) in [5.41, 5.74) is 3.09. The summed E-state index contributed by atoms with van der Waals surface area (Å²) in [6.45, 7) is 0.977. The Kier molecular flexibility index (Phi) is 4.61. The van der Waals surface area contributed by atoms with E-state index in [2.05, 4.69) is 15.5 Å². The zero-order valence-electron chi connectivity index (χ0n) is 16.0. The van der Waals surface area contributed by atoms with E-state index in [0.717, 1.165) is 16.5 Å². The van der Waals surface area contributed by atoms with Crippen molar-refractivity contribution in [2.75, 3.05) is 0 Å². The van der Waals surface area contributed by atoms with Crippen molar-refractivity contribution in [2.24, 2.45) is 0 Å². The lowest BCUT2D eigenvalue weighted by molar-refractivity contribution is 0.0950. The van der Waals surface area contributed by atoms with Gasteiger partial charge < -0.3 is 18.8 Å². The van der Waals surface area contributed by atoms with Gasteiger partial charge in [-0.15, -0.1) is 0 Å². The van der Waals surface area contributed by atoms with E-state index >= 15 is 0 Å². The number of benzene rings is 2. The van der Waals surface area contributed by atoms with Crippen LogP contribution in [0.4, 0.5) is 0 Å². The molecule has 7 heteroatoms. The smallest absolute Gasteiger partial charge is 0.251 e. The van der Waals surface area contributed by atoms with Crippen LogP contribution in [0.3, 0.4) is 0 Å². The first-order valence-electron chi connectivity index (χ1n) is 9.52. The molecule has 5 rings (SSSR count). The Balaban J connectivity index is 1.21. The molecule has 2 aromatic carbocycles. The van der Waals surface area contributed by atoms with Crippen LogP contribution in [0.5, 0.6) is 0 Å². The average molecular weight is 398 g/mol. The zero-order valence-corrected chi connectivity index (χ0v) is 16.0. The molecular formula is C23H18N4O3. The van der Waals surface area contributed by atoms with E-state index in [1.165, 1.54) is 0 Å². The van der Waals surface area contributed by atoms with E-state index in [1.807, 2.05) is 65.4 Å². The summed E-state index contributed by atoms with van der Waals surface area (Å²) in [6, 6.07) is 18.9. The maximum Gasteiger partial charge on any atom is 0.251 e. The number of hydrogen-bond acceptors (Lipinski definition) is 5. The van der Waals surface area contributed by atoms with Gasteiger partial charge in [0.25, 0.3) is 5.91 Å². The summed E-state index contributed by atoms with van der Waals surface area (Å²) in [4.78, 5) is 16.5. The van der Waals surface area contributed by atoms with Crippen LogP contribution in [-0.4, -0.2) is 20.6 Å². The van der Waals surface area contributed by atoms with Gasteiger partial charge in [0.15, 0.2) is 5.76 Å². The number of para-hydroxylation sites is 1. The highest BCUT2D eigenvalue weighted by molar-refractivity contribution is 5.94. The third-order valence-corrected chi connectivity index (χ3v) is 4.80. The van der Waals surface area contributed by atoms with Crippen LogP contribution in [0.15, 0.2) is 88.3 Å². The van der Waals surface area contributed by atoms with Crippen molar-refractivity contribution >= 4 is 16.9 Å². The van der Waals surface area contributed by atoms with Gasteiger partial charge in [-0.3, -0.25) is 4.79 Å². The van der Waals surface area contributed by atoms with Gasteiger partial charge >= 0.3 is 0 Å². The Morgan fingerprint density at radius 3 is 2.70 bits per heavy atom. The quantitative estimate of drug-likeness (QED) is 0.462. The van der Waals surface area contributed by atoms with Gasteiger partial charge in [-0.2, -0.15) is 0 Å². The highest BCUT2D eigenvalue weighted by Gasteiger charge is 2.13. The molecule has 0 saturated heterocycles. The Hall–Kier alpha value is -4.13. The molecule has 0 saturated carbocycles. The summed E-state index contributed by atoms with van der Waals surface area (Å²) in [5.74, 6) is 0.964. The molecular weight excluding hydrogens is 380 g/mol. The van der Waals surface area contributed by atoms with Gasteiger partial charge in [0.1, 0.15) is 11.3 Å². The number of fused-ring (bicyclic) bond motifs is 1. The van der Waals surface area contributed by atoms with Crippen LogP contribution in [0.2, 0.25) is 0 Å². The van der Waals surface area contributed by atoms with Crippen molar-refractivity contribution in [1.29, 1.82) is 0 Å². The normalized spacial score (nSPS) is 11.1. The minimum absolute atomic E-state index is 0.169. The van der Waals surface area contributed by atoms with E-state index in [4.69, 9.17) is 8.94 Å². The number of hydrogen-bond donors (Lipinski definition) is 1. The van der Waals surface area contributed by atoms with Crippen molar-refractivity contribution in [2.45, 2.75) is 13.1 Å². The molecule has 0 unspecified atom stereocenters. The molecule has 30 heavy (non-hydrogen) atoms. The average Bonchev–Trinajstić information content (AvgIpc) is 3.52. The summed E-state index contributed by atoms with van der Waals surface area (Å²) in [6.07, 6.45) is 5.40. The maximum atomic E-state index is 12.4. The number of aromatic nitrogens is 3. The lowest BCUT2D eigenvalue weighted by Crippen LogP contribution is -2.22. The molecule has 0 bridgehead atoms. The Morgan fingerprint density at radius 2 is 1.90 bits per heavy atom. The number of nitrogens with one attached hydrogen (secondary N) is 1. The van der Waals surface area contributed by atoms with Gasteiger partial charge in [-0.1, -0.05) is 35.5 Å². The fourth-order valence-electron chi connectivity index (χ4n) is 3.24. The zero-order chi connectivity index (χ0) is 20.3. The summed E-state index contributed by atoms with van der Waals surface area (Å²) in [5, 5.41) is 7.89. The number of rotatable bonds is 6. The molecule has 0 fully saturated rings. The number of furan rings is 1. The van der Waals surface area contributed by atoms with Crippen LogP contribution >= 0.6 is 0 Å². The highest BCUT2D eigenvalue weighted by Crippen LogP contribution is 2.28. The molecule has 3 aromatic heterocycles. The van der Waals surface area contributed by atoms with Gasteiger partial charge in [-0.05, 0) is 29.8 Å². The number of carbonyl (C=O) groups excluding carboxylic acids is 1. The summed E-state index contributed by atoms with van der Waals surface area (Å²) in [7, 11) is 0. The Labute approximate surface area is 171 Å². The third-order valence-electron chi connectivity index (χ3n) is 4.80. The third kappa shape index (κ3) is 3.73. The molecule has 7 nitrogen and oxygen atoms in total. The highest BCUT2D eigenvalue weighted by atomic mass is 16.5. The van der Waals surface area contributed by atoms with Crippen LogP contribution in [-0.2, 0) is 13.1 Å². The van der Waals surface area contributed by atoms with Crippen LogP contribution < -0.4 is 5.32 Å². The Morgan fingerprint density at radius 1 is 1.03 bits per heavy atom. The minimum Gasteiger partial charge on any atom is -0.453 e. The molecule has 3 heterocycles. The number of carbonyl (C=O) groups is 1. The van der Waals surface area contributed by atoms with Gasteiger partial charge in [0.2, 0.25) is 5.76 Å². The fraction of sp³-hybridized carbons (Fsp3) is 0.0870. The summed E-state index contributed by atoms with van der Waals surface area (Å²) < 4.78 is 13.1. The van der Waals surface area contributed by atoms with Crippen molar-refractivity contribution in [1.82, 2.24) is 20.0 Å². The minimum atomic E-state index is -0.169. The van der Waals surface area contributed by atoms with Crippen molar-refractivity contribution in [3.05, 3.63) is 96.2 Å². The largest absolute Gasteiger partial charge is 0.453 e. The van der Waals surface area contributed by atoms with E-state index in [9.17, 15) is 4.79 Å². The molecule has 0 spiro atoms. The monoisotopic (exact) mass is 398 g/mol. The van der Waals surface area contributed by atoms with E-state index in [0.29, 0.717) is 29.3 Å².